The summed E-state index contributed by atoms with van der Waals surface area (Å²) in [5.41, 5.74) is 3.05. The summed E-state index contributed by atoms with van der Waals surface area (Å²) in [5.74, 6) is 2.07. The number of hydrogen-bond donors (Lipinski definition) is 1. The van der Waals surface area contributed by atoms with Crippen LogP contribution in [-0.2, 0) is 4.74 Å². The average molecular weight is 483 g/mol. The molecule has 1 N–H and O–H groups in total. The Hall–Kier alpha value is -2.64. The van der Waals surface area contributed by atoms with Crippen molar-refractivity contribution in [3.05, 3.63) is 53.4 Å². The number of alkyl carbamates (subject to hydrolysis) is 1. The van der Waals surface area contributed by atoms with Gasteiger partial charge in [-0.1, -0.05) is 44.7 Å². The molecule has 0 spiro atoms. The highest BCUT2D eigenvalue weighted by Gasteiger charge is 2.38. The maximum absolute atomic E-state index is 12.3. The Morgan fingerprint density at radius 2 is 2.09 bits per heavy atom. The number of quaternary nitrogens is 1. The van der Waals surface area contributed by atoms with Crippen molar-refractivity contribution in [2.24, 2.45) is 5.92 Å². The van der Waals surface area contributed by atoms with E-state index in [1.165, 1.54) is 32.1 Å². The van der Waals surface area contributed by atoms with Crippen LogP contribution in [0.3, 0.4) is 0 Å². The van der Waals surface area contributed by atoms with Crippen LogP contribution in [-0.4, -0.2) is 42.8 Å². The molecule has 4 rings (SSSR count). The number of carbonyl (C=O) groups is 1. The minimum Gasteiger partial charge on any atom is -0.497 e. The number of rotatable bonds is 9. The maximum Gasteiger partial charge on any atom is 0.412 e. The molecule has 1 saturated carbocycles. The fourth-order valence-electron chi connectivity index (χ4n) is 4.91. The van der Waals surface area contributed by atoms with Gasteiger partial charge in [-0.25, -0.2) is 9.78 Å². The topological polar surface area (TPSA) is 60.5 Å². The van der Waals surface area contributed by atoms with E-state index in [1.54, 1.807) is 18.4 Å². The third-order valence-corrected chi connectivity index (χ3v) is 7.59. The van der Waals surface area contributed by atoms with E-state index in [0.717, 1.165) is 47.1 Å². The van der Waals surface area contributed by atoms with Crippen LogP contribution >= 0.6 is 11.3 Å². The Balaban J connectivity index is 1.58. The number of aromatic nitrogens is 1. The molecule has 0 radical (unpaired) electrons. The average Bonchev–Trinajstić information content (AvgIpc) is 3.44. The highest BCUT2D eigenvalue weighted by Crippen LogP contribution is 2.39. The molecular formula is C27H36N3O3S+. The third kappa shape index (κ3) is 5.88. The molecule has 2 heterocycles. The van der Waals surface area contributed by atoms with E-state index in [0.29, 0.717) is 22.7 Å². The lowest BCUT2D eigenvalue weighted by atomic mass is 9.88. The second-order valence-corrected chi connectivity index (χ2v) is 10.3. The summed E-state index contributed by atoms with van der Waals surface area (Å²) in [6.07, 6.45) is 12.1. The summed E-state index contributed by atoms with van der Waals surface area (Å²) in [5, 5.41) is 5.90. The fraction of sp³-hybridized carbons (Fsp3) is 0.481. The van der Waals surface area contributed by atoms with E-state index in [2.05, 4.69) is 36.9 Å². The van der Waals surface area contributed by atoms with Gasteiger partial charge in [0.15, 0.2) is 11.5 Å². The van der Waals surface area contributed by atoms with Crippen LogP contribution in [0.5, 0.6) is 5.75 Å². The van der Waals surface area contributed by atoms with Crippen LogP contribution in [0, 0.1) is 5.92 Å². The van der Waals surface area contributed by atoms with Crippen LogP contribution in [0.2, 0.25) is 0 Å². The van der Waals surface area contributed by atoms with Crippen LogP contribution in [0.1, 0.15) is 57.6 Å². The van der Waals surface area contributed by atoms with Crippen LogP contribution in [0.25, 0.3) is 16.3 Å². The number of ether oxygens (including phenoxy) is 2. The summed E-state index contributed by atoms with van der Waals surface area (Å²) in [6, 6.07) is 7.99. The van der Waals surface area contributed by atoms with Gasteiger partial charge in [-0.2, -0.15) is 0 Å². The highest BCUT2D eigenvalue weighted by molar-refractivity contribution is 7.13. The number of unbranched alkanes of at least 4 members (excludes halogenated alkanes) is 1. The smallest absolute Gasteiger partial charge is 0.412 e. The Labute approximate surface area is 206 Å². The van der Waals surface area contributed by atoms with E-state index in [1.807, 2.05) is 24.3 Å². The standard InChI is InChI=1S/C27H35N3O3S/c1-4-5-14-28-27(31)33-23-16-25(30(2,18-23)17-20-10-7-6-8-11-20)24-19-34-26(29-24)21-12-9-13-22(15-21)32-3/h9,12-13,15-16,18-20H,4-8,10-11,14,17H2,1-3H3/p+1. The molecule has 1 aromatic heterocycles. The first kappa shape index (κ1) is 24.5. The van der Waals surface area contributed by atoms with E-state index in [9.17, 15) is 4.79 Å². The second kappa shape index (κ2) is 11.2. The van der Waals surface area contributed by atoms with E-state index >= 15 is 0 Å². The third-order valence-electron chi connectivity index (χ3n) is 6.70. The number of thiazole rings is 1. The number of carbonyl (C=O) groups excluding carboxylic acids is 1. The number of methoxy groups -OCH3 is 1. The molecule has 0 bridgehead atoms. The Kier molecular flexibility index (Phi) is 8.06. The number of nitrogens with zero attached hydrogens (tertiary/aromatic N) is 2. The van der Waals surface area contributed by atoms with Gasteiger partial charge in [-0.15, -0.1) is 11.3 Å². The van der Waals surface area contributed by atoms with Crippen molar-refractivity contribution in [3.8, 4) is 16.3 Å². The number of hydrogen-bond acceptors (Lipinski definition) is 5. The molecule has 1 amide bonds. The lowest BCUT2D eigenvalue weighted by Gasteiger charge is -2.33. The van der Waals surface area contributed by atoms with Crippen molar-refractivity contribution >= 4 is 23.1 Å². The zero-order valence-electron chi connectivity index (χ0n) is 20.5. The molecule has 1 aliphatic heterocycles. The predicted octanol–water partition coefficient (Wildman–Crippen LogP) is 6.57. The molecule has 0 saturated heterocycles. The quantitative estimate of drug-likeness (QED) is 0.324. The van der Waals surface area contributed by atoms with Gasteiger partial charge in [-0.05, 0) is 31.4 Å². The molecule has 7 heteroatoms. The van der Waals surface area contributed by atoms with Gasteiger partial charge in [0, 0.05) is 23.4 Å². The molecule has 2 aliphatic rings. The van der Waals surface area contributed by atoms with Gasteiger partial charge >= 0.3 is 6.09 Å². The maximum atomic E-state index is 12.3. The molecule has 1 aliphatic carbocycles. The highest BCUT2D eigenvalue weighted by atomic mass is 32.1. The number of allylic oxidation sites excluding steroid dienone is 1. The molecule has 34 heavy (non-hydrogen) atoms. The molecule has 182 valence electrons. The van der Waals surface area contributed by atoms with Crippen molar-refractivity contribution in [1.29, 1.82) is 0 Å². The molecule has 2 aromatic rings. The molecular weight excluding hydrogens is 446 g/mol. The minimum atomic E-state index is -0.392. The van der Waals surface area contributed by atoms with E-state index < -0.39 is 6.09 Å². The number of nitrogens with one attached hydrogen (secondary N) is 1. The summed E-state index contributed by atoms with van der Waals surface area (Å²) in [4.78, 5) is 17.3. The first-order valence-electron chi connectivity index (χ1n) is 12.4. The van der Waals surface area contributed by atoms with Crippen LogP contribution < -0.4 is 10.1 Å². The van der Waals surface area contributed by atoms with Gasteiger partial charge in [0.25, 0.3) is 0 Å². The minimum absolute atomic E-state index is 0.392. The van der Waals surface area contributed by atoms with Gasteiger partial charge < -0.3 is 14.8 Å². The molecule has 1 unspecified atom stereocenters. The summed E-state index contributed by atoms with van der Waals surface area (Å²) in [6.45, 7) is 3.72. The first-order valence-corrected chi connectivity index (χ1v) is 13.2. The van der Waals surface area contributed by atoms with Gasteiger partial charge in [0.05, 0.1) is 26.8 Å². The zero-order chi connectivity index (χ0) is 24.0. The number of benzene rings is 1. The fourth-order valence-corrected chi connectivity index (χ4v) is 5.72. The van der Waals surface area contributed by atoms with Crippen molar-refractivity contribution in [1.82, 2.24) is 10.3 Å². The summed E-state index contributed by atoms with van der Waals surface area (Å²) < 4.78 is 11.7. The van der Waals surface area contributed by atoms with Crippen molar-refractivity contribution < 1.29 is 18.8 Å². The van der Waals surface area contributed by atoms with Crippen molar-refractivity contribution in [2.75, 3.05) is 27.2 Å². The molecule has 1 fully saturated rings. The van der Waals surface area contributed by atoms with Crippen molar-refractivity contribution in [2.45, 2.75) is 51.9 Å². The SMILES string of the molecule is CCCCNC(=O)OC1=C[N+](C)(CC2CCCCC2)C(c2csc(-c3cccc(OC)c3)n2)=C1. The largest absolute Gasteiger partial charge is 0.497 e. The molecule has 1 atom stereocenters. The predicted molar refractivity (Wildman–Crippen MR) is 137 cm³/mol. The van der Waals surface area contributed by atoms with Gasteiger partial charge in [0.1, 0.15) is 22.7 Å². The molecule has 6 nitrogen and oxygen atoms in total. The van der Waals surface area contributed by atoms with E-state index in [-0.39, 0.29) is 0 Å². The van der Waals surface area contributed by atoms with Gasteiger partial charge in [-0.3, -0.25) is 4.48 Å². The summed E-state index contributed by atoms with van der Waals surface area (Å²) >= 11 is 1.62. The Morgan fingerprint density at radius 1 is 1.26 bits per heavy atom. The van der Waals surface area contributed by atoms with Crippen LogP contribution in [0.15, 0.2) is 47.7 Å². The van der Waals surface area contributed by atoms with Crippen molar-refractivity contribution in [3.63, 3.8) is 0 Å². The molecule has 1 aromatic carbocycles. The van der Waals surface area contributed by atoms with Crippen LogP contribution in [0.4, 0.5) is 4.79 Å². The zero-order valence-corrected chi connectivity index (χ0v) is 21.3. The second-order valence-electron chi connectivity index (χ2n) is 9.46. The normalized spacial score (nSPS) is 20.6. The lowest BCUT2D eigenvalue weighted by Crippen LogP contribution is -2.40. The van der Waals surface area contributed by atoms with Gasteiger partial charge in [0.2, 0.25) is 0 Å². The lowest BCUT2D eigenvalue weighted by molar-refractivity contribution is -0.788. The Morgan fingerprint density at radius 3 is 2.85 bits per heavy atom. The monoisotopic (exact) mass is 482 g/mol. The number of amides is 1. The van der Waals surface area contributed by atoms with E-state index in [4.69, 9.17) is 14.5 Å². The first-order chi connectivity index (χ1) is 16.5. The summed E-state index contributed by atoms with van der Waals surface area (Å²) in [7, 11) is 3.88. The Bertz CT molecular complexity index is 1050.